The molecule has 1 heterocycles. The standard InChI is InChI=1S/C14H17N3OS/c1-9(11-7-5-4-6-8-11)15-13(18)12-10(2)17(3)14(19)16-12/h4-9H,1-3H3,(H,15,18)(H,16,19)/t9-/m0/s1. The fraction of sp³-hybridized carbons (Fsp3) is 0.286. The summed E-state index contributed by atoms with van der Waals surface area (Å²) in [5.41, 5.74) is 2.43. The minimum absolute atomic E-state index is 0.0460. The van der Waals surface area contributed by atoms with E-state index >= 15 is 0 Å². The van der Waals surface area contributed by atoms with Gasteiger partial charge in [0.1, 0.15) is 5.69 Å². The molecule has 0 unspecified atom stereocenters. The van der Waals surface area contributed by atoms with Crippen LogP contribution in [0, 0.1) is 11.7 Å². The van der Waals surface area contributed by atoms with E-state index < -0.39 is 0 Å². The fourth-order valence-corrected chi connectivity index (χ4v) is 2.16. The van der Waals surface area contributed by atoms with Gasteiger partial charge in [0.25, 0.3) is 5.91 Å². The summed E-state index contributed by atoms with van der Waals surface area (Å²) in [7, 11) is 1.84. The second-order valence-electron chi connectivity index (χ2n) is 4.56. The van der Waals surface area contributed by atoms with E-state index in [1.807, 2.05) is 51.2 Å². The van der Waals surface area contributed by atoms with Gasteiger partial charge >= 0.3 is 0 Å². The molecule has 2 rings (SSSR count). The fourth-order valence-electron chi connectivity index (χ4n) is 1.92. The Kier molecular flexibility index (Phi) is 3.85. The normalized spacial score (nSPS) is 12.2. The summed E-state index contributed by atoms with van der Waals surface area (Å²) in [5.74, 6) is -0.138. The van der Waals surface area contributed by atoms with Crippen molar-refractivity contribution in [2.24, 2.45) is 7.05 Å². The van der Waals surface area contributed by atoms with Crippen LogP contribution >= 0.6 is 12.2 Å². The highest BCUT2D eigenvalue weighted by molar-refractivity contribution is 7.71. The third-order valence-electron chi connectivity index (χ3n) is 3.28. The molecule has 0 radical (unpaired) electrons. The molecule has 1 amide bonds. The molecule has 1 aromatic heterocycles. The molecule has 19 heavy (non-hydrogen) atoms. The van der Waals surface area contributed by atoms with Gasteiger partial charge in [-0.15, -0.1) is 0 Å². The number of hydrogen-bond donors (Lipinski definition) is 2. The van der Waals surface area contributed by atoms with Crippen molar-refractivity contribution in [3.8, 4) is 0 Å². The first kappa shape index (κ1) is 13.5. The summed E-state index contributed by atoms with van der Waals surface area (Å²) in [6.07, 6.45) is 0. The lowest BCUT2D eigenvalue weighted by atomic mass is 10.1. The molecular weight excluding hydrogens is 258 g/mol. The van der Waals surface area contributed by atoms with Crippen LogP contribution in [-0.4, -0.2) is 15.5 Å². The Balaban J connectivity index is 2.18. The highest BCUT2D eigenvalue weighted by Gasteiger charge is 2.16. The zero-order valence-corrected chi connectivity index (χ0v) is 12.0. The van der Waals surface area contributed by atoms with Crippen molar-refractivity contribution in [3.05, 3.63) is 52.1 Å². The number of carbonyl (C=O) groups excluding carboxylic acids is 1. The van der Waals surface area contributed by atoms with Crippen molar-refractivity contribution in [3.63, 3.8) is 0 Å². The lowest BCUT2D eigenvalue weighted by Crippen LogP contribution is -2.27. The minimum atomic E-state index is -0.138. The van der Waals surface area contributed by atoms with E-state index in [9.17, 15) is 4.79 Å². The van der Waals surface area contributed by atoms with E-state index in [0.717, 1.165) is 11.3 Å². The molecule has 0 bridgehead atoms. The topological polar surface area (TPSA) is 49.8 Å². The van der Waals surface area contributed by atoms with Gasteiger partial charge in [0, 0.05) is 12.7 Å². The number of carbonyl (C=O) groups is 1. The van der Waals surface area contributed by atoms with Gasteiger partial charge in [-0.25, -0.2) is 0 Å². The Bertz CT molecular complexity index is 642. The summed E-state index contributed by atoms with van der Waals surface area (Å²) in [6.45, 7) is 3.83. The van der Waals surface area contributed by atoms with Gasteiger partial charge < -0.3 is 14.9 Å². The van der Waals surface area contributed by atoms with Crippen molar-refractivity contribution in [1.82, 2.24) is 14.9 Å². The minimum Gasteiger partial charge on any atom is -0.344 e. The van der Waals surface area contributed by atoms with E-state index in [4.69, 9.17) is 12.2 Å². The first-order valence-corrected chi connectivity index (χ1v) is 6.53. The molecule has 4 nitrogen and oxygen atoms in total. The largest absolute Gasteiger partial charge is 0.344 e. The maximum absolute atomic E-state index is 12.2. The van der Waals surface area contributed by atoms with Crippen molar-refractivity contribution in [2.45, 2.75) is 19.9 Å². The smallest absolute Gasteiger partial charge is 0.270 e. The van der Waals surface area contributed by atoms with Gasteiger partial charge in [-0.2, -0.15) is 0 Å². The molecule has 0 spiro atoms. The van der Waals surface area contributed by atoms with E-state index in [1.165, 1.54) is 0 Å². The highest BCUT2D eigenvalue weighted by Crippen LogP contribution is 2.13. The molecule has 0 aliphatic rings. The number of H-pyrrole nitrogens is 1. The van der Waals surface area contributed by atoms with Gasteiger partial charge in [0.15, 0.2) is 4.77 Å². The second kappa shape index (κ2) is 5.40. The number of hydrogen-bond acceptors (Lipinski definition) is 2. The molecule has 5 heteroatoms. The van der Waals surface area contributed by atoms with E-state index in [0.29, 0.717) is 10.5 Å². The molecule has 0 saturated carbocycles. The van der Waals surface area contributed by atoms with Gasteiger partial charge in [-0.3, -0.25) is 4.79 Å². The second-order valence-corrected chi connectivity index (χ2v) is 4.94. The molecule has 2 aromatic rings. The molecule has 1 atom stereocenters. The molecular formula is C14H17N3OS. The van der Waals surface area contributed by atoms with E-state index in [-0.39, 0.29) is 11.9 Å². The maximum atomic E-state index is 12.2. The first-order chi connectivity index (χ1) is 9.00. The summed E-state index contributed by atoms with van der Waals surface area (Å²) >= 11 is 5.12. The van der Waals surface area contributed by atoms with Crippen LogP contribution in [0.3, 0.4) is 0 Å². The number of imidazole rings is 1. The van der Waals surface area contributed by atoms with Crippen LogP contribution in [0.4, 0.5) is 0 Å². The predicted octanol–water partition coefficient (Wildman–Crippen LogP) is 2.88. The van der Waals surface area contributed by atoms with Crippen LogP contribution < -0.4 is 5.32 Å². The summed E-state index contributed by atoms with van der Waals surface area (Å²) in [5, 5.41) is 2.96. The average Bonchev–Trinajstić information content (AvgIpc) is 2.67. The molecule has 2 N–H and O–H groups in total. The van der Waals surface area contributed by atoms with Crippen LogP contribution in [0.15, 0.2) is 30.3 Å². The Hall–Kier alpha value is -1.88. The number of nitrogens with zero attached hydrogens (tertiary/aromatic N) is 1. The zero-order chi connectivity index (χ0) is 14.0. The lowest BCUT2D eigenvalue weighted by Gasteiger charge is -2.13. The van der Waals surface area contributed by atoms with Crippen LogP contribution in [0.25, 0.3) is 0 Å². The number of benzene rings is 1. The lowest BCUT2D eigenvalue weighted by molar-refractivity contribution is 0.0934. The molecule has 0 fully saturated rings. The SMILES string of the molecule is Cc1c(C(=O)N[C@@H](C)c2ccccc2)[nH]c(=S)n1C. The molecule has 100 valence electrons. The van der Waals surface area contributed by atoms with Crippen LogP contribution in [0.2, 0.25) is 0 Å². The first-order valence-electron chi connectivity index (χ1n) is 6.12. The Morgan fingerprint density at radius 3 is 2.53 bits per heavy atom. The molecule has 1 aromatic carbocycles. The number of aromatic nitrogens is 2. The Morgan fingerprint density at radius 1 is 1.37 bits per heavy atom. The molecule has 0 saturated heterocycles. The van der Waals surface area contributed by atoms with E-state index in [2.05, 4.69) is 10.3 Å². The number of nitrogens with one attached hydrogen (secondary N) is 2. The van der Waals surface area contributed by atoms with Crippen LogP contribution in [0.5, 0.6) is 0 Å². The summed E-state index contributed by atoms with van der Waals surface area (Å²) in [4.78, 5) is 15.1. The van der Waals surface area contributed by atoms with Crippen molar-refractivity contribution in [1.29, 1.82) is 0 Å². The number of amides is 1. The molecule has 0 aliphatic heterocycles. The molecule has 0 aliphatic carbocycles. The maximum Gasteiger partial charge on any atom is 0.270 e. The third-order valence-corrected chi connectivity index (χ3v) is 3.65. The highest BCUT2D eigenvalue weighted by atomic mass is 32.1. The Morgan fingerprint density at radius 2 is 2.00 bits per heavy atom. The van der Waals surface area contributed by atoms with Crippen molar-refractivity contribution in [2.75, 3.05) is 0 Å². The average molecular weight is 275 g/mol. The van der Waals surface area contributed by atoms with E-state index in [1.54, 1.807) is 4.57 Å². The summed E-state index contributed by atoms with van der Waals surface area (Å²) in [6, 6.07) is 9.81. The van der Waals surface area contributed by atoms with Crippen LogP contribution in [0.1, 0.15) is 34.7 Å². The van der Waals surface area contributed by atoms with Gasteiger partial charge in [0.2, 0.25) is 0 Å². The zero-order valence-electron chi connectivity index (χ0n) is 11.2. The summed E-state index contributed by atoms with van der Waals surface area (Å²) < 4.78 is 2.34. The quantitative estimate of drug-likeness (QED) is 0.846. The van der Waals surface area contributed by atoms with Crippen molar-refractivity contribution < 1.29 is 4.79 Å². The van der Waals surface area contributed by atoms with Crippen molar-refractivity contribution >= 4 is 18.1 Å². The number of rotatable bonds is 3. The predicted molar refractivity (Wildman–Crippen MR) is 77.7 cm³/mol. The van der Waals surface area contributed by atoms with Gasteiger partial charge in [0.05, 0.1) is 6.04 Å². The third kappa shape index (κ3) is 2.76. The Labute approximate surface area is 117 Å². The number of aromatic amines is 1. The van der Waals surface area contributed by atoms with Crippen LogP contribution in [-0.2, 0) is 7.05 Å². The monoisotopic (exact) mass is 275 g/mol. The van der Waals surface area contributed by atoms with Gasteiger partial charge in [-0.1, -0.05) is 30.3 Å². The van der Waals surface area contributed by atoms with Gasteiger partial charge in [-0.05, 0) is 31.6 Å².